The number of amides is 2. The lowest BCUT2D eigenvalue weighted by Gasteiger charge is -2.15. The Morgan fingerprint density at radius 3 is 2.27 bits per heavy atom. The monoisotopic (exact) mass is 412 g/mol. The Kier molecular flexibility index (Phi) is 6.84. The fraction of sp³-hybridized carbons (Fsp3) is 0.304. The van der Waals surface area contributed by atoms with Gasteiger partial charge in [-0.15, -0.1) is 0 Å². The van der Waals surface area contributed by atoms with Crippen molar-refractivity contribution in [3.8, 4) is 5.75 Å². The van der Waals surface area contributed by atoms with Crippen LogP contribution in [0.25, 0.3) is 5.57 Å². The Hall–Kier alpha value is -3.19. The van der Waals surface area contributed by atoms with E-state index in [9.17, 15) is 14.0 Å². The van der Waals surface area contributed by atoms with E-state index in [1.807, 2.05) is 13.8 Å². The molecule has 2 aromatic carbocycles. The van der Waals surface area contributed by atoms with E-state index in [1.54, 1.807) is 31.4 Å². The van der Waals surface area contributed by atoms with Crippen molar-refractivity contribution in [3.63, 3.8) is 0 Å². The van der Waals surface area contributed by atoms with Gasteiger partial charge in [0.15, 0.2) is 0 Å². The van der Waals surface area contributed by atoms with Gasteiger partial charge in [-0.1, -0.05) is 12.1 Å². The van der Waals surface area contributed by atoms with Crippen LogP contribution in [0.5, 0.6) is 5.75 Å². The van der Waals surface area contributed by atoms with E-state index in [1.165, 1.54) is 29.2 Å². The highest BCUT2D eigenvalue weighted by Crippen LogP contribution is 2.31. The molecule has 0 aliphatic carbocycles. The van der Waals surface area contributed by atoms with Crippen LogP contribution in [0, 0.1) is 5.82 Å². The molecule has 1 heterocycles. The smallest absolute Gasteiger partial charge is 0.278 e. The third-order valence-electron chi connectivity index (χ3n) is 4.53. The SMILES string of the molecule is COCCCN1C(=O)C(Nc2ccc(F)cc2)=C(c2ccc(OC(C)C)cc2)C1=O. The Bertz CT molecular complexity index is 937. The Labute approximate surface area is 175 Å². The lowest BCUT2D eigenvalue weighted by atomic mass is 10.0. The van der Waals surface area contributed by atoms with Crippen molar-refractivity contribution in [2.24, 2.45) is 0 Å². The molecule has 0 aromatic heterocycles. The number of hydrogen-bond acceptors (Lipinski definition) is 5. The summed E-state index contributed by atoms with van der Waals surface area (Å²) in [7, 11) is 1.57. The summed E-state index contributed by atoms with van der Waals surface area (Å²) in [5.74, 6) is -0.502. The first-order valence-electron chi connectivity index (χ1n) is 9.79. The van der Waals surface area contributed by atoms with E-state index in [0.717, 1.165) is 0 Å². The number of hydrogen-bond donors (Lipinski definition) is 1. The van der Waals surface area contributed by atoms with Crippen LogP contribution in [0.4, 0.5) is 10.1 Å². The van der Waals surface area contributed by atoms with E-state index in [2.05, 4.69) is 5.32 Å². The van der Waals surface area contributed by atoms with Gasteiger partial charge in [0.05, 0.1) is 11.7 Å². The largest absolute Gasteiger partial charge is 0.491 e. The molecule has 30 heavy (non-hydrogen) atoms. The molecular formula is C23H25FN2O4. The van der Waals surface area contributed by atoms with Crippen LogP contribution in [0.1, 0.15) is 25.8 Å². The van der Waals surface area contributed by atoms with Gasteiger partial charge >= 0.3 is 0 Å². The lowest BCUT2D eigenvalue weighted by molar-refractivity contribution is -0.136. The zero-order valence-electron chi connectivity index (χ0n) is 17.3. The number of halogens is 1. The van der Waals surface area contributed by atoms with Crippen LogP contribution in [-0.2, 0) is 14.3 Å². The molecule has 0 spiro atoms. The third-order valence-corrected chi connectivity index (χ3v) is 4.53. The van der Waals surface area contributed by atoms with Gasteiger partial charge in [0, 0.05) is 25.9 Å². The molecule has 0 saturated carbocycles. The van der Waals surface area contributed by atoms with Crippen molar-refractivity contribution in [2.75, 3.05) is 25.6 Å². The maximum absolute atomic E-state index is 13.3. The molecule has 2 aromatic rings. The predicted molar refractivity (Wildman–Crippen MR) is 112 cm³/mol. The van der Waals surface area contributed by atoms with E-state index in [4.69, 9.17) is 9.47 Å². The molecule has 7 heteroatoms. The van der Waals surface area contributed by atoms with Gasteiger partial charge in [-0.3, -0.25) is 14.5 Å². The average molecular weight is 412 g/mol. The van der Waals surface area contributed by atoms with Crippen molar-refractivity contribution in [1.82, 2.24) is 4.90 Å². The predicted octanol–water partition coefficient (Wildman–Crippen LogP) is 3.84. The second-order valence-electron chi connectivity index (χ2n) is 7.18. The highest BCUT2D eigenvalue weighted by atomic mass is 19.1. The number of methoxy groups -OCH3 is 1. The Morgan fingerprint density at radius 2 is 1.67 bits per heavy atom. The van der Waals surface area contributed by atoms with Crippen LogP contribution in [-0.4, -0.2) is 43.1 Å². The quantitative estimate of drug-likeness (QED) is 0.501. The number of imide groups is 1. The maximum atomic E-state index is 13.3. The van der Waals surface area contributed by atoms with Gasteiger partial charge in [0.25, 0.3) is 11.8 Å². The summed E-state index contributed by atoms with van der Waals surface area (Å²) >= 11 is 0. The van der Waals surface area contributed by atoms with Crippen LogP contribution in [0.15, 0.2) is 54.2 Å². The normalized spacial score (nSPS) is 14.1. The van der Waals surface area contributed by atoms with Crippen LogP contribution in [0.2, 0.25) is 0 Å². The molecule has 3 rings (SSSR count). The first-order chi connectivity index (χ1) is 14.4. The van der Waals surface area contributed by atoms with Gasteiger partial charge in [-0.2, -0.15) is 0 Å². The summed E-state index contributed by atoms with van der Waals surface area (Å²) in [5.41, 5.74) is 1.56. The number of nitrogens with one attached hydrogen (secondary N) is 1. The summed E-state index contributed by atoms with van der Waals surface area (Å²) in [6.45, 7) is 4.54. The molecule has 1 N–H and O–H groups in total. The van der Waals surface area contributed by atoms with Crippen molar-refractivity contribution in [1.29, 1.82) is 0 Å². The van der Waals surface area contributed by atoms with E-state index < -0.39 is 5.91 Å². The van der Waals surface area contributed by atoms with Crippen molar-refractivity contribution in [2.45, 2.75) is 26.4 Å². The van der Waals surface area contributed by atoms with E-state index in [0.29, 0.717) is 30.0 Å². The topological polar surface area (TPSA) is 67.9 Å². The Morgan fingerprint density at radius 1 is 1.00 bits per heavy atom. The van der Waals surface area contributed by atoms with Gasteiger partial charge < -0.3 is 14.8 Å². The highest BCUT2D eigenvalue weighted by Gasteiger charge is 2.38. The van der Waals surface area contributed by atoms with Crippen molar-refractivity contribution in [3.05, 3.63) is 65.6 Å². The summed E-state index contributed by atoms with van der Waals surface area (Å²) < 4.78 is 23.9. The van der Waals surface area contributed by atoms with Gasteiger partial charge in [-0.25, -0.2) is 4.39 Å². The minimum atomic E-state index is -0.419. The average Bonchev–Trinajstić information content (AvgIpc) is 2.94. The minimum Gasteiger partial charge on any atom is -0.491 e. The number of anilines is 1. The van der Waals surface area contributed by atoms with E-state index in [-0.39, 0.29) is 35.6 Å². The standard InChI is InChI=1S/C23H25FN2O4/c1-15(2)30-19-11-5-16(6-12-19)20-21(25-18-9-7-17(24)8-10-18)23(28)26(22(20)27)13-4-14-29-3/h5-12,15,25H,4,13-14H2,1-3H3. The van der Waals surface area contributed by atoms with E-state index >= 15 is 0 Å². The zero-order chi connectivity index (χ0) is 21.7. The zero-order valence-corrected chi connectivity index (χ0v) is 17.3. The second-order valence-corrected chi connectivity index (χ2v) is 7.18. The molecule has 158 valence electrons. The van der Waals surface area contributed by atoms with Gasteiger partial charge in [0.1, 0.15) is 17.3 Å². The number of nitrogens with zero attached hydrogens (tertiary/aromatic N) is 1. The van der Waals surface area contributed by atoms with Crippen molar-refractivity contribution >= 4 is 23.1 Å². The summed E-state index contributed by atoms with van der Waals surface area (Å²) in [5, 5.41) is 3.00. The Balaban J connectivity index is 1.95. The molecule has 1 aliphatic heterocycles. The van der Waals surface area contributed by atoms with Gasteiger partial charge in [0.2, 0.25) is 0 Å². The molecule has 1 aliphatic rings. The molecule has 0 unspecified atom stereocenters. The molecule has 0 atom stereocenters. The van der Waals surface area contributed by atoms with Crippen molar-refractivity contribution < 1.29 is 23.5 Å². The molecule has 0 fully saturated rings. The maximum Gasteiger partial charge on any atom is 0.278 e. The molecule has 6 nitrogen and oxygen atoms in total. The lowest BCUT2D eigenvalue weighted by Crippen LogP contribution is -2.33. The fourth-order valence-electron chi connectivity index (χ4n) is 3.18. The number of ether oxygens (including phenoxy) is 2. The number of rotatable bonds is 9. The molecule has 0 saturated heterocycles. The number of carbonyl (C=O) groups excluding carboxylic acids is 2. The first-order valence-corrected chi connectivity index (χ1v) is 9.79. The van der Waals surface area contributed by atoms with Gasteiger partial charge in [-0.05, 0) is 62.2 Å². The molecular weight excluding hydrogens is 387 g/mol. The summed E-state index contributed by atoms with van der Waals surface area (Å²) in [6, 6.07) is 12.7. The van der Waals surface area contributed by atoms with Crippen LogP contribution < -0.4 is 10.1 Å². The number of benzene rings is 2. The summed E-state index contributed by atoms with van der Waals surface area (Å²) in [4.78, 5) is 27.3. The number of carbonyl (C=O) groups is 2. The molecule has 0 bridgehead atoms. The third kappa shape index (κ3) is 4.86. The first kappa shape index (κ1) is 21.5. The molecule has 0 radical (unpaired) electrons. The van der Waals surface area contributed by atoms with Crippen LogP contribution in [0.3, 0.4) is 0 Å². The van der Waals surface area contributed by atoms with Crippen LogP contribution >= 0.6 is 0 Å². The summed E-state index contributed by atoms with van der Waals surface area (Å²) in [6.07, 6.45) is 0.559. The highest BCUT2D eigenvalue weighted by molar-refractivity contribution is 6.36. The second kappa shape index (κ2) is 9.54. The fourth-order valence-corrected chi connectivity index (χ4v) is 3.18. The molecule has 2 amide bonds. The minimum absolute atomic E-state index is 0.0248.